The Kier molecular flexibility index (Phi) is 4.02. The maximum absolute atomic E-state index is 9.51. The van der Waals surface area contributed by atoms with Gasteiger partial charge in [-0.15, -0.1) is 0 Å². The highest BCUT2D eigenvalue weighted by Gasteiger charge is 2.22. The Balaban J connectivity index is 2.05. The Morgan fingerprint density at radius 3 is 2.71 bits per heavy atom. The van der Waals surface area contributed by atoms with Crippen LogP contribution >= 0.6 is 0 Å². The summed E-state index contributed by atoms with van der Waals surface area (Å²) in [7, 11) is 1.70. The van der Waals surface area contributed by atoms with Gasteiger partial charge in [-0.05, 0) is 37.5 Å². The van der Waals surface area contributed by atoms with Crippen LogP contribution in [0.3, 0.4) is 0 Å². The van der Waals surface area contributed by atoms with E-state index in [1.54, 1.807) is 7.11 Å². The van der Waals surface area contributed by atoms with E-state index in [1.165, 1.54) is 5.56 Å². The van der Waals surface area contributed by atoms with Crippen molar-refractivity contribution in [1.82, 2.24) is 4.90 Å². The van der Waals surface area contributed by atoms with E-state index in [9.17, 15) is 5.11 Å². The van der Waals surface area contributed by atoms with Gasteiger partial charge in [-0.1, -0.05) is 12.1 Å². The van der Waals surface area contributed by atoms with Crippen molar-refractivity contribution in [2.45, 2.75) is 31.9 Å². The zero-order valence-corrected chi connectivity index (χ0v) is 10.6. The number of rotatable bonds is 3. The molecule has 1 N–H and O–H groups in total. The molecule has 0 amide bonds. The highest BCUT2D eigenvalue weighted by Crippen LogP contribution is 2.26. The highest BCUT2D eigenvalue weighted by atomic mass is 16.5. The van der Waals surface area contributed by atoms with Crippen LogP contribution in [0.25, 0.3) is 0 Å². The Labute approximate surface area is 103 Å². The van der Waals surface area contributed by atoms with Gasteiger partial charge in [0.2, 0.25) is 0 Å². The molecule has 0 bridgehead atoms. The van der Waals surface area contributed by atoms with Gasteiger partial charge in [-0.25, -0.2) is 0 Å². The Morgan fingerprint density at radius 2 is 2.06 bits per heavy atom. The van der Waals surface area contributed by atoms with Gasteiger partial charge in [-0.3, -0.25) is 4.90 Å². The predicted molar refractivity (Wildman–Crippen MR) is 68.2 cm³/mol. The van der Waals surface area contributed by atoms with E-state index >= 15 is 0 Å². The van der Waals surface area contributed by atoms with Crippen LogP contribution in [0.2, 0.25) is 0 Å². The highest BCUT2D eigenvalue weighted by molar-refractivity contribution is 5.30. The molecule has 0 aliphatic carbocycles. The first-order valence-corrected chi connectivity index (χ1v) is 6.27. The maximum atomic E-state index is 9.51. The molecular weight excluding hydrogens is 214 g/mol. The predicted octanol–water partition coefficient (Wildman–Crippen LogP) is 2.21. The molecule has 3 nitrogen and oxygen atoms in total. The molecule has 0 saturated carbocycles. The van der Waals surface area contributed by atoms with Crippen LogP contribution in [-0.4, -0.2) is 36.3 Å². The summed E-state index contributed by atoms with van der Waals surface area (Å²) in [5.74, 6) is 0.909. The van der Waals surface area contributed by atoms with E-state index in [4.69, 9.17) is 4.74 Å². The van der Waals surface area contributed by atoms with Crippen molar-refractivity contribution in [2.75, 3.05) is 20.2 Å². The van der Waals surface area contributed by atoms with Crippen LogP contribution in [0.5, 0.6) is 5.75 Å². The fourth-order valence-electron chi connectivity index (χ4n) is 2.39. The zero-order chi connectivity index (χ0) is 12.3. The first kappa shape index (κ1) is 12.4. The molecule has 3 heteroatoms. The number of aliphatic hydroxyl groups is 1. The van der Waals surface area contributed by atoms with Gasteiger partial charge in [0, 0.05) is 19.1 Å². The van der Waals surface area contributed by atoms with Crippen LogP contribution in [0.15, 0.2) is 24.3 Å². The number of aliphatic hydroxyl groups excluding tert-OH is 1. The van der Waals surface area contributed by atoms with Crippen LogP contribution in [0.4, 0.5) is 0 Å². The summed E-state index contributed by atoms with van der Waals surface area (Å²) in [6.07, 6.45) is 1.66. The van der Waals surface area contributed by atoms with Crippen LogP contribution in [0.1, 0.15) is 31.4 Å². The first-order chi connectivity index (χ1) is 8.20. The van der Waals surface area contributed by atoms with Gasteiger partial charge >= 0.3 is 0 Å². The molecule has 1 atom stereocenters. The third-order valence-corrected chi connectivity index (χ3v) is 3.62. The van der Waals surface area contributed by atoms with E-state index in [1.807, 2.05) is 12.1 Å². The molecule has 1 aromatic rings. The van der Waals surface area contributed by atoms with E-state index < -0.39 is 0 Å². The van der Waals surface area contributed by atoms with Crippen molar-refractivity contribution in [3.05, 3.63) is 29.8 Å². The Hall–Kier alpha value is -1.06. The van der Waals surface area contributed by atoms with E-state index in [0.29, 0.717) is 6.04 Å². The minimum Gasteiger partial charge on any atom is -0.497 e. The van der Waals surface area contributed by atoms with Gasteiger partial charge < -0.3 is 9.84 Å². The molecule has 0 radical (unpaired) electrons. The maximum Gasteiger partial charge on any atom is 0.119 e. The summed E-state index contributed by atoms with van der Waals surface area (Å²) in [5.41, 5.74) is 1.28. The molecule has 1 heterocycles. The lowest BCUT2D eigenvalue weighted by Gasteiger charge is -2.34. The zero-order valence-electron chi connectivity index (χ0n) is 10.6. The Bertz CT molecular complexity index is 359. The standard InChI is InChI=1S/C14H21NO2/c1-11(15-8-6-13(16)7-9-15)12-4-3-5-14(10-12)17-2/h3-5,10-11,13,16H,6-9H2,1-2H3/t11-/m0/s1. The fraction of sp³-hybridized carbons (Fsp3) is 0.571. The van der Waals surface area contributed by atoms with Gasteiger partial charge in [0.25, 0.3) is 0 Å². The quantitative estimate of drug-likeness (QED) is 0.872. The minimum absolute atomic E-state index is 0.108. The number of hydrogen-bond donors (Lipinski definition) is 1. The summed E-state index contributed by atoms with van der Waals surface area (Å²) < 4.78 is 5.25. The molecule has 0 spiro atoms. The number of nitrogens with zero attached hydrogens (tertiary/aromatic N) is 1. The molecule has 94 valence electrons. The second kappa shape index (κ2) is 5.52. The SMILES string of the molecule is COc1cccc([C@H](C)N2CCC(O)CC2)c1. The number of likely N-dealkylation sites (tertiary alicyclic amines) is 1. The number of methoxy groups -OCH3 is 1. The van der Waals surface area contributed by atoms with Crippen molar-refractivity contribution >= 4 is 0 Å². The van der Waals surface area contributed by atoms with Crippen molar-refractivity contribution in [2.24, 2.45) is 0 Å². The molecular formula is C14H21NO2. The summed E-state index contributed by atoms with van der Waals surface area (Å²) in [6.45, 7) is 4.16. The lowest BCUT2D eigenvalue weighted by atomic mass is 10.0. The number of piperidine rings is 1. The average molecular weight is 235 g/mol. The average Bonchev–Trinajstić information content (AvgIpc) is 2.39. The third-order valence-electron chi connectivity index (χ3n) is 3.62. The molecule has 2 rings (SSSR count). The molecule has 1 aliphatic heterocycles. The van der Waals surface area contributed by atoms with Gasteiger partial charge in [0.15, 0.2) is 0 Å². The fourth-order valence-corrected chi connectivity index (χ4v) is 2.39. The van der Waals surface area contributed by atoms with Crippen LogP contribution in [0, 0.1) is 0 Å². The molecule has 17 heavy (non-hydrogen) atoms. The van der Waals surface area contributed by atoms with Crippen molar-refractivity contribution in [3.63, 3.8) is 0 Å². The second-order valence-electron chi connectivity index (χ2n) is 4.72. The molecule has 1 saturated heterocycles. The second-order valence-corrected chi connectivity index (χ2v) is 4.72. The monoisotopic (exact) mass is 235 g/mol. The smallest absolute Gasteiger partial charge is 0.119 e. The van der Waals surface area contributed by atoms with Crippen LogP contribution in [-0.2, 0) is 0 Å². The number of hydrogen-bond acceptors (Lipinski definition) is 3. The summed E-state index contributed by atoms with van der Waals surface area (Å²) >= 11 is 0. The lowest BCUT2D eigenvalue weighted by molar-refractivity contribution is 0.0645. The summed E-state index contributed by atoms with van der Waals surface area (Å²) in [5, 5.41) is 9.51. The molecule has 0 unspecified atom stereocenters. The van der Waals surface area contributed by atoms with E-state index in [0.717, 1.165) is 31.7 Å². The molecule has 1 fully saturated rings. The first-order valence-electron chi connectivity index (χ1n) is 6.27. The van der Waals surface area contributed by atoms with E-state index in [2.05, 4.69) is 24.0 Å². The largest absolute Gasteiger partial charge is 0.497 e. The normalized spacial score (nSPS) is 20.2. The van der Waals surface area contributed by atoms with E-state index in [-0.39, 0.29) is 6.10 Å². The topological polar surface area (TPSA) is 32.7 Å². The summed E-state index contributed by atoms with van der Waals surface area (Å²) in [6, 6.07) is 8.62. The van der Waals surface area contributed by atoms with Gasteiger partial charge in [-0.2, -0.15) is 0 Å². The van der Waals surface area contributed by atoms with Gasteiger partial charge in [0.1, 0.15) is 5.75 Å². The molecule has 0 aromatic heterocycles. The Morgan fingerprint density at radius 1 is 1.35 bits per heavy atom. The van der Waals surface area contributed by atoms with Crippen molar-refractivity contribution < 1.29 is 9.84 Å². The lowest BCUT2D eigenvalue weighted by Crippen LogP contribution is -2.37. The molecule has 1 aromatic carbocycles. The molecule has 1 aliphatic rings. The van der Waals surface area contributed by atoms with Crippen molar-refractivity contribution in [3.8, 4) is 5.75 Å². The van der Waals surface area contributed by atoms with Gasteiger partial charge in [0.05, 0.1) is 13.2 Å². The third kappa shape index (κ3) is 2.99. The summed E-state index contributed by atoms with van der Waals surface area (Å²) in [4.78, 5) is 2.42. The van der Waals surface area contributed by atoms with Crippen molar-refractivity contribution in [1.29, 1.82) is 0 Å². The van der Waals surface area contributed by atoms with Crippen LogP contribution < -0.4 is 4.74 Å². The minimum atomic E-state index is -0.108. The number of benzene rings is 1. The number of ether oxygens (including phenoxy) is 1.